The van der Waals surface area contributed by atoms with Crippen LogP contribution in [0.5, 0.6) is 0 Å². The van der Waals surface area contributed by atoms with Crippen LogP contribution in [0.1, 0.15) is 23.4 Å². The van der Waals surface area contributed by atoms with Crippen molar-refractivity contribution in [2.24, 2.45) is 12.8 Å². The number of nitrogens with one attached hydrogen (secondary N) is 1. The van der Waals surface area contributed by atoms with Crippen LogP contribution in [0.4, 0.5) is 0 Å². The van der Waals surface area contributed by atoms with Crippen molar-refractivity contribution in [2.45, 2.75) is 19.9 Å². The van der Waals surface area contributed by atoms with Gasteiger partial charge in [-0.25, -0.2) is 0 Å². The normalized spacial score (nSPS) is 10.3. The summed E-state index contributed by atoms with van der Waals surface area (Å²) < 4.78 is 1.92. The van der Waals surface area contributed by atoms with Gasteiger partial charge in [0.15, 0.2) is 0 Å². The summed E-state index contributed by atoms with van der Waals surface area (Å²) in [6.45, 7) is 4.47. The minimum Gasteiger partial charge on any atom is -0.340 e. The van der Waals surface area contributed by atoms with E-state index in [0.717, 1.165) is 25.2 Å². The van der Waals surface area contributed by atoms with Crippen molar-refractivity contribution in [3.8, 4) is 6.07 Å². The van der Waals surface area contributed by atoms with Gasteiger partial charge in [-0.3, -0.25) is 0 Å². The highest BCUT2D eigenvalue weighted by Gasteiger charge is 2.07. The molecule has 4 heteroatoms. The molecule has 82 valence electrons. The smallest absolute Gasteiger partial charge is 0.120 e. The Morgan fingerprint density at radius 1 is 1.60 bits per heavy atom. The summed E-state index contributed by atoms with van der Waals surface area (Å²) in [6.07, 6.45) is 0.983. The fourth-order valence-corrected chi connectivity index (χ4v) is 1.50. The van der Waals surface area contributed by atoms with E-state index < -0.39 is 0 Å². The van der Waals surface area contributed by atoms with E-state index in [1.54, 1.807) is 0 Å². The van der Waals surface area contributed by atoms with Gasteiger partial charge in [0.2, 0.25) is 0 Å². The summed E-state index contributed by atoms with van der Waals surface area (Å²) in [4.78, 5) is 0. The molecule has 0 aliphatic rings. The molecule has 0 saturated carbocycles. The molecule has 0 fully saturated rings. The molecule has 4 nitrogen and oxygen atoms in total. The highest BCUT2D eigenvalue weighted by Crippen LogP contribution is 2.12. The molecule has 0 amide bonds. The zero-order chi connectivity index (χ0) is 11.3. The number of hydrogen-bond acceptors (Lipinski definition) is 3. The second kappa shape index (κ2) is 5.54. The molecule has 0 aromatic carbocycles. The molecule has 0 aliphatic carbocycles. The van der Waals surface area contributed by atoms with Gasteiger partial charge in [-0.15, -0.1) is 0 Å². The lowest BCUT2D eigenvalue weighted by molar-refractivity contribution is 0.652. The Hall–Kier alpha value is -1.31. The number of nitriles is 1. The molecule has 3 N–H and O–H groups in total. The molecule has 15 heavy (non-hydrogen) atoms. The first-order valence-corrected chi connectivity index (χ1v) is 5.16. The standard InChI is InChI=1S/C11H18N4/c1-9-10(8-14-5-3-4-12)6-11(7-13)15(9)2/h6,14H,3-5,8,12H2,1-2H3. The quantitative estimate of drug-likeness (QED) is 0.695. The average molecular weight is 206 g/mol. The van der Waals surface area contributed by atoms with Crippen LogP contribution in [-0.2, 0) is 13.6 Å². The zero-order valence-corrected chi connectivity index (χ0v) is 9.38. The summed E-state index contributed by atoms with van der Waals surface area (Å²) in [6, 6.07) is 4.11. The van der Waals surface area contributed by atoms with Gasteiger partial charge in [0.25, 0.3) is 0 Å². The van der Waals surface area contributed by atoms with Crippen molar-refractivity contribution >= 4 is 0 Å². The van der Waals surface area contributed by atoms with E-state index in [1.807, 2.05) is 24.6 Å². The molecule has 0 atom stereocenters. The Morgan fingerprint density at radius 2 is 2.33 bits per heavy atom. The first-order valence-electron chi connectivity index (χ1n) is 5.16. The van der Waals surface area contributed by atoms with Crippen molar-refractivity contribution in [2.75, 3.05) is 13.1 Å². The van der Waals surface area contributed by atoms with Gasteiger partial charge in [-0.2, -0.15) is 5.26 Å². The van der Waals surface area contributed by atoms with E-state index in [1.165, 1.54) is 5.56 Å². The molecule has 0 saturated heterocycles. The minimum atomic E-state index is 0.711. The van der Waals surface area contributed by atoms with Crippen LogP contribution < -0.4 is 11.1 Å². The molecular weight excluding hydrogens is 188 g/mol. The lowest BCUT2D eigenvalue weighted by Crippen LogP contribution is -2.18. The van der Waals surface area contributed by atoms with Gasteiger partial charge in [0.05, 0.1) is 0 Å². The van der Waals surface area contributed by atoms with Crippen molar-refractivity contribution in [3.63, 3.8) is 0 Å². The number of rotatable bonds is 5. The molecule has 1 rings (SSSR count). The zero-order valence-electron chi connectivity index (χ0n) is 9.38. The van der Waals surface area contributed by atoms with E-state index >= 15 is 0 Å². The van der Waals surface area contributed by atoms with E-state index in [4.69, 9.17) is 11.0 Å². The number of nitrogens with zero attached hydrogens (tertiary/aromatic N) is 2. The van der Waals surface area contributed by atoms with Crippen molar-refractivity contribution in [1.82, 2.24) is 9.88 Å². The maximum atomic E-state index is 8.86. The third kappa shape index (κ3) is 2.82. The first-order chi connectivity index (χ1) is 7.20. The van der Waals surface area contributed by atoms with E-state index in [0.29, 0.717) is 12.2 Å². The van der Waals surface area contributed by atoms with Gasteiger partial charge < -0.3 is 15.6 Å². The van der Waals surface area contributed by atoms with Crippen LogP contribution in [0, 0.1) is 18.3 Å². The molecule has 0 radical (unpaired) electrons. The Balaban J connectivity index is 2.59. The molecule has 1 aromatic rings. The summed E-state index contributed by atoms with van der Waals surface area (Å²) in [7, 11) is 1.91. The van der Waals surface area contributed by atoms with Gasteiger partial charge >= 0.3 is 0 Å². The topological polar surface area (TPSA) is 66.8 Å². The molecule has 1 aromatic heterocycles. The summed E-state index contributed by atoms with van der Waals surface area (Å²) >= 11 is 0. The van der Waals surface area contributed by atoms with Gasteiger partial charge in [0.1, 0.15) is 11.8 Å². The Bertz CT molecular complexity index is 359. The molecule has 0 aliphatic heterocycles. The van der Waals surface area contributed by atoms with Crippen molar-refractivity contribution in [3.05, 3.63) is 23.0 Å². The molecule has 0 unspecified atom stereocenters. The maximum absolute atomic E-state index is 8.86. The maximum Gasteiger partial charge on any atom is 0.120 e. The fraction of sp³-hybridized carbons (Fsp3) is 0.545. The van der Waals surface area contributed by atoms with Crippen LogP contribution in [0.3, 0.4) is 0 Å². The van der Waals surface area contributed by atoms with Crippen LogP contribution in [-0.4, -0.2) is 17.7 Å². The van der Waals surface area contributed by atoms with Crippen molar-refractivity contribution in [1.29, 1.82) is 5.26 Å². The largest absolute Gasteiger partial charge is 0.340 e. The summed E-state index contributed by atoms with van der Waals surface area (Å²) in [5.41, 5.74) is 8.44. The number of hydrogen-bond donors (Lipinski definition) is 2. The second-order valence-electron chi connectivity index (χ2n) is 3.63. The SMILES string of the molecule is Cc1c(CNCCCN)cc(C#N)n1C. The Morgan fingerprint density at radius 3 is 2.87 bits per heavy atom. The number of nitrogens with two attached hydrogens (primary N) is 1. The van der Waals surface area contributed by atoms with Crippen LogP contribution in [0.25, 0.3) is 0 Å². The lowest BCUT2D eigenvalue weighted by Gasteiger charge is -2.04. The monoisotopic (exact) mass is 206 g/mol. The third-order valence-corrected chi connectivity index (χ3v) is 2.63. The molecular formula is C11H18N4. The molecule has 0 spiro atoms. The Kier molecular flexibility index (Phi) is 4.35. The predicted molar refractivity (Wildman–Crippen MR) is 60.2 cm³/mol. The minimum absolute atomic E-state index is 0.711. The predicted octanol–water partition coefficient (Wildman–Crippen LogP) is 0.644. The highest BCUT2D eigenvalue weighted by molar-refractivity contribution is 5.33. The molecule has 0 bridgehead atoms. The van der Waals surface area contributed by atoms with Crippen molar-refractivity contribution < 1.29 is 0 Å². The fourth-order valence-electron chi connectivity index (χ4n) is 1.50. The highest BCUT2D eigenvalue weighted by atomic mass is 15.0. The van der Waals surface area contributed by atoms with Gasteiger partial charge in [-0.05, 0) is 38.1 Å². The van der Waals surface area contributed by atoms with Gasteiger partial charge in [-0.1, -0.05) is 0 Å². The summed E-state index contributed by atoms with van der Waals surface area (Å²) in [5.74, 6) is 0. The van der Waals surface area contributed by atoms with E-state index in [-0.39, 0.29) is 0 Å². The van der Waals surface area contributed by atoms with Crippen LogP contribution >= 0.6 is 0 Å². The summed E-state index contributed by atoms with van der Waals surface area (Å²) in [5, 5.41) is 12.2. The second-order valence-corrected chi connectivity index (χ2v) is 3.63. The first kappa shape index (κ1) is 11.8. The Labute approximate surface area is 90.7 Å². The van der Waals surface area contributed by atoms with Crippen LogP contribution in [0.2, 0.25) is 0 Å². The number of aromatic nitrogens is 1. The average Bonchev–Trinajstić information content (AvgIpc) is 2.52. The van der Waals surface area contributed by atoms with Crippen LogP contribution in [0.15, 0.2) is 6.07 Å². The molecule has 1 heterocycles. The lowest BCUT2D eigenvalue weighted by atomic mass is 10.2. The van der Waals surface area contributed by atoms with Gasteiger partial charge in [0, 0.05) is 19.3 Å². The third-order valence-electron chi connectivity index (χ3n) is 2.63. The van der Waals surface area contributed by atoms with E-state index in [9.17, 15) is 0 Å². The van der Waals surface area contributed by atoms with E-state index in [2.05, 4.69) is 11.4 Å².